The molecule has 0 unspecified atom stereocenters. The van der Waals surface area contributed by atoms with Crippen LogP contribution in [0.2, 0.25) is 0 Å². The van der Waals surface area contributed by atoms with Crippen LogP contribution in [-0.2, 0) is 38.1 Å². The highest BCUT2D eigenvalue weighted by molar-refractivity contribution is 7.91. The van der Waals surface area contributed by atoms with Crippen molar-refractivity contribution in [2.24, 2.45) is 7.05 Å². The molecule has 0 fully saturated rings. The normalized spacial score (nSPS) is 11.6. The maximum absolute atomic E-state index is 12.8. The van der Waals surface area contributed by atoms with Crippen molar-refractivity contribution in [3.05, 3.63) is 48.3 Å². The first kappa shape index (κ1) is 25.2. The van der Waals surface area contributed by atoms with E-state index in [-0.39, 0.29) is 31.2 Å². The largest absolute Gasteiger partial charge is 0.461 e. The molecule has 2 rings (SSSR count). The summed E-state index contributed by atoms with van der Waals surface area (Å²) >= 11 is 0. The summed E-state index contributed by atoms with van der Waals surface area (Å²) in [5.41, 5.74) is 0.330. The topological polar surface area (TPSA) is 120 Å². The van der Waals surface area contributed by atoms with Crippen molar-refractivity contribution >= 4 is 28.0 Å². The third-order valence-corrected chi connectivity index (χ3v) is 5.51. The van der Waals surface area contributed by atoms with E-state index in [1.807, 2.05) is 35.1 Å². The fourth-order valence-electron chi connectivity index (χ4n) is 2.72. The molecule has 0 saturated carbocycles. The lowest BCUT2D eigenvalue weighted by molar-refractivity contribution is -0.145. The van der Waals surface area contributed by atoms with E-state index in [1.165, 1.54) is 17.1 Å². The molecule has 2 aromatic rings. The van der Waals surface area contributed by atoms with Crippen LogP contribution < -0.4 is 9.03 Å². The van der Waals surface area contributed by atoms with Gasteiger partial charge in [-0.1, -0.05) is 30.3 Å². The fourth-order valence-corrected chi connectivity index (χ4v) is 3.82. The number of amides is 1. The zero-order valence-electron chi connectivity index (χ0n) is 18.8. The number of anilines is 1. The Morgan fingerprint density at radius 1 is 1.16 bits per heavy atom. The van der Waals surface area contributed by atoms with Gasteiger partial charge in [0.25, 0.3) is 0 Å². The lowest BCUT2D eigenvalue weighted by atomic mass is 10.2. The minimum absolute atomic E-state index is 0.0375. The van der Waals surface area contributed by atoms with Gasteiger partial charge >= 0.3 is 22.3 Å². The number of benzene rings is 1. The Morgan fingerprint density at radius 3 is 2.44 bits per heavy atom. The van der Waals surface area contributed by atoms with Crippen LogP contribution in [0.5, 0.6) is 0 Å². The standard InChI is InChI=1S/C21H30N4O6S/c1-21(2,3)31-20(27)23-32(28,29)25(18-14-22-24(4)15-18)13-9-8-12-19(26)30-16-17-10-6-5-7-11-17/h5-7,10-11,14-15H,8-9,12-13,16H2,1-4H3,(H,23,27). The van der Waals surface area contributed by atoms with Crippen LogP contribution in [0, 0.1) is 0 Å². The van der Waals surface area contributed by atoms with Gasteiger partial charge in [0.1, 0.15) is 12.2 Å². The number of hydrogen-bond donors (Lipinski definition) is 1. The number of rotatable bonds is 10. The van der Waals surface area contributed by atoms with E-state index in [1.54, 1.807) is 27.8 Å². The highest BCUT2D eigenvalue weighted by Gasteiger charge is 2.28. The maximum Gasteiger partial charge on any atom is 0.422 e. The van der Waals surface area contributed by atoms with Crippen LogP contribution in [-0.4, -0.2) is 42.4 Å². The van der Waals surface area contributed by atoms with Crippen LogP contribution in [0.25, 0.3) is 0 Å². The number of carbonyl (C=O) groups is 2. The van der Waals surface area contributed by atoms with Crippen LogP contribution in [0.4, 0.5) is 10.5 Å². The highest BCUT2D eigenvalue weighted by Crippen LogP contribution is 2.18. The van der Waals surface area contributed by atoms with Crippen LogP contribution in [0.1, 0.15) is 45.6 Å². The molecule has 0 bridgehead atoms. The molecular weight excluding hydrogens is 436 g/mol. The molecule has 176 valence electrons. The second-order valence-electron chi connectivity index (χ2n) is 8.16. The monoisotopic (exact) mass is 466 g/mol. The van der Waals surface area contributed by atoms with Gasteiger partial charge in [-0.15, -0.1) is 0 Å². The number of aryl methyl sites for hydroxylation is 1. The van der Waals surface area contributed by atoms with E-state index in [4.69, 9.17) is 9.47 Å². The van der Waals surface area contributed by atoms with E-state index in [0.717, 1.165) is 9.87 Å². The van der Waals surface area contributed by atoms with Crippen LogP contribution in [0.15, 0.2) is 42.7 Å². The molecule has 0 aliphatic heterocycles. The van der Waals surface area contributed by atoms with Crippen molar-refractivity contribution in [3.63, 3.8) is 0 Å². The fraction of sp³-hybridized carbons (Fsp3) is 0.476. The molecule has 0 aliphatic carbocycles. The minimum atomic E-state index is -4.24. The van der Waals surface area contributed by atoms with Crippen LogP contribution >= 0.6 is 0 Å². The van der Waals surface area contributed by atoms with Gasteiger partial charge in [-0.05, 0) is 39.2 Å². The summed E-state index contributed by atoms with van der Waals surface area (Å²) in [4.78, 5) is 24.0. The van der Waals surface area contributed by atoms with E-state index >= 15 is 0 Å². The first-order chi connectivity index (χ1) is 15.0. The molecule has 32 heavy (non-hydrogen) atoms. The van der Waals surface area contributed by atoms with E-state index < -0.39 is 21.9 Å². The van der Waals surface area contributed by atoms with Gasteiger partial charge in [-0.2, -0.15) is 13.5 Å². The average Bonchev–Trinajstić information content (AvgIpc) is 3.10. The summed E-state index contributed by atoms with van der Waals surface area (Å²) in [6.07, 6.45) is 2.74. The van der Waals surface area contributed by atoms with E-state index in [0.29, 0.717) is 12.8 Å². The van der Waals surface area contributed by atoms with Crippen molar-refractivity contribution in [2.75, 3.05) is 10.8 Å². The molecule has 1 heterocycles. The smallest absolute Gasteiger partial charge is 0.422 e. The van der Waals surface area contributed by atoms with Crippen LogP contribution in [0.3, 0.4) is 0 Å². The third-order valence-electron chi connectivity index (χ3n) is 4.12. The van der Waals surface area contributed by atoms with Crippen molar-refractivity contribution in [1.29, 1.82) is 0 Å². The second kappa shape index (κ2) is 11.0. The number of unbranched alkanes of at least 4 members (excludes halogenated alkanes) is 1. The molecule has 0 radical (unpaired) electrons. The zero-order valence-corrected chi connectivity index (χ0v) is 19.6. The number of aromatic nitrogens is 2. The van der Waals surface area contributed by atoms with Crippen molar-refractivity contribution in [3.8, 4) is 0 Å². The molecule has 1 amide bonds. The first-order valence-corrected chi connectivity index (χ1v) is 11.6. The van der Waals surface area contributed by atoms with Gasteiger partial charge in [-0.3, -0.25) is 13.8 Å². The van der Waals surface area contributed by atoms with Crippen molar-refractivity contribution in [1.82, 2.24) is 14.5 Å². The summed E-state index contributed by atoms with van der Waals surface area (Å²) < 4.78 is 40.3. The predicted molar refractivity (Wildman–Crippen MR) is 119 cm³/mol. The molecule has 10 nitrogen and oxygen atoms in total. The molecule has 0 spiro atoms. The Bertz CT molecular complexity index is 999. The van der Waals surface area contributed by atoms with Crippen molar-refractivity contribution < 1.29 is 27.5 Å². The molecule has 1 N–H and O–H groups in total. The molecule has 1 aromatic heterocycles. The Kier molecular flexibility index (Phi) is 8.64. The summed E-state index contributed by atoms with van der Waals surface area (Å²) in [7, 11) is -2.59. The summed E-state index contributed by atoms with van der Waals surface area (Å²) in [6.45, 7) is 5.13. The summed E-state index contributed by atoms with van der Waals surface area (Å²) in [5, 5.41) is 3.99. The minimum Gasteiger partial charge on any atom is -0.461 e. The average molecular weight is 467 g/mol. The maximum atomic E-state index is 12.8. The van der Waals surface area contributed by atoms with Gasteiger partial charge in [0.2, 0.25) is 0 Å². The Morgan fingerprint density at radius 2 is 1.84 bits per heavy atom. The Hall–Kier alpha value is -3.08. The van der Waals surface area contributed by atoms with Gasteiger partial charge in [0, 0.05) is 26.2 Å². The second-order valence-corrected chi connectivity index (χ2v) is 9.75. The molecule has 0 aliphatic rings. The highest BCUT2D eigenvalue weighted by atomic mass is 32.2. The summed E-state index contributed by atoms with van der Waals surface area (Å²) in [6, 6.07) is 9.33. The quantitative estimate of drug-likeness (QED) is 0.422. The number of carbonyl (C=O) groups excluding carboxylic acids is 2. The number of hydrogen-bond acceptors (Lipinski definition) is 7. The van der Waals surface area contributed by atoms with Gasteiger partial charge < -0.3 is 9.47 Å². The van der Waals surface area contributed by atoms with E-state index in [2.05, 4.69) is 5.10 Å². The van der Waals surface area contributed by atoms with E-state index in [9.17, 15) is 18.0 Å². The molecular formula is C21H30N4O6S. The van der Waals surface area contributed by atoms with Crippen molar-refractivity contribution in [2.45, 2.75) is 52.2 Å². The Balaban J connectivity index is 1.92. The third kappa shape index (κ3) is 8.58. The Labute approximate surface area is 188 Å². The molecule has 1 aromatic carbocycles. The molecule has 0 atom stereocenters. The van der Waals surface area contributed by atoms with Gasteiger partial charge in [0.15, 0.2) is 0 Å². The number of ether oxygens (including phenoxy) is 2. The van der Waals surface area contributed by atoms with Gasteiger partial charge in [0.05, 0.1) is 11.9 Å². The number of esters is 1. The van der Waals surface area contributed by atoms with Gasteiger partial charge in [-0.25, -0.2) is 9.52 Å². The lowest BCUT2D eigenvalue weighted by Crippen LogP contribution is -2.45. The molecule has 0 saturated heterocycles. The number of nitrogens with zero attached hydrogens (tertiary/aromatic N) is 3. The zero-order chi connectivity index (χ0) is 23.8. The first-order valence-electron chi connectivity index (χ1n) is 10.2. The molecule has 11 heteroatoms. The number of nitrogens with one attached hydrogen (secondary N) is 1. The predicted octanol–water partition coefficient (Wildman–Crippen LogP) is 2.91. The SMILES string of the molecule is Cn1cc(N(CCCCC(=O)OCc2ccccc2)S(=O)(=O)NC(=O)OC(C)(C)C)cn1. The summed E-state index contributed by atoms with van der Waals surface area (Å²) in [5.74, 6) is -0.364. The lowest BCUT2D eigenvalue weighted by Gasteiger charge is -2.24.